The smallest absolute Gasteiger partial charge is 0.186 e. The van der Waals surface area contributed by atoms with Crippen molar-refractivity contribution in [3.05, 3.63) is 44.6 Å². The molecule has 4 bridgehead atoms. The average Bonchev–Trinajstić information content (AvgIpc) is 3.20. The van der Waals surface area contributed by atoms with Gasteiger partial charge in [0, 0.05) is 15.5 Å². The van der Waals surface area contributed by atoms with E-state index in [1.807, 2.05) is 28.8 Å². The van der Waals surface area contributed by atoms with E-state index in [4.69, 9.17) is 28.3 Å². The Bertz CT molecular complexity index is 1060. The largest absolute Gasteiger partial charge is 0.234 e. The molecular formula is C21H20Cl2N4S. The van der Waals surface area contributed by atoms with E-state index in [0.29, 0.717) is 10.0 Å². The number of hydrogen-bond acceptors (Lipinski definition) is 4. The molecular weight excluding hydrogens is 411 g/mol. The maximum absolute atomic E-state index is 6.27. The van der Waals surface area contributed by atoms with Crippen molar-refractivity contribution in [1.29, 1.82) is 0 Å². The molecule has 7 heteroatoms. The summed E-state index contributed by atoms with van der Waals surface area (Å²) >= 11 is 13.8. The predicted molar refractivity (Wildman–Crippen MR) is 114 cm³/mol. The molecule has 0 spiro atoms. The highest BCUT2D eigenvalue weighted by molar-refractivity contribution is 7.17. The van der Waals surface area contributed by atoms with Crippen molar-refractivity contribution in [1.82, 2.24) is 19.8 Å². The van der Waals surface area contributed by atoms with E-state index in [0.717, 1.165) is 39.1 Å². The summed E-state index contributed by atoms with van der Waals surface area (Å²) in [5, 5.41) is 16.1. The molecule has 7 rings (SSSR count). The van der Waals surface area contributed by atoms with Gasteiger partial charge in [-0.25, -0.2) is 0 Å². The third-order valence-corrected chi connectivity index (χ3v) is 8.31. The second-order valence-corrected chi connectivity index (χ2v) is 10.7. The molecule has 4 saturated carbocycles. The van der Waals surface area contributed by atoms with Crippen LogP contribution in [0.1, 0.15) is 54.9 Å². The summed E-state index contributed by atoms with van der Waals surface area (Å²) in [7, 11) is 0. The molecule has 0 unspecified atom stereocenters. The second-order valence-electron chi connectivity index (χ2n) is 8.86. The van der Waals surface area contributed by atoms with Crippen LogP contribution in [0.3, 0.4) is 0 Å². The van der Waals surface area contributed by atoms with Crippen molar-refractivity contribution >= 4 is 51.7 Å². The van der Waals surface area contributed by atoms with E-state index >= 15 is 0 Å². The van der Waals surface area contributed by atoms with Crippen LogP contribution < -0.4 is 0 Å². The molecule has 2 aromatic heterocycles. The molecule has 4 fully saturated rings. The Morgan fingerprint density at radius 3 is 2.39 bits per heavy atom. The van der Waals surface area contributed by atoms with Crippen LogP contribution in [0.15, 0.2) is 18.2 Å². The van der Waals surface area contributed by atoms with Crippen molar-refractivity contribution in [3.63, 3.8) is 0 Å². The fourth-order valence-corrected chi connectivity index (χ4v) is 7.42. The summed E-state index contributed by atoms with van der Waals surface area (Å²) < 4.78 is 2.01. The van der Waals surface area contributed by atoms with Crippen molar-refractivity contribution in [2.45, 2.75) is 43.9 Å². The molecule has 0 atom stereocenters. The Morgan fingerprint density at radius 1 is 1.00 bits per heavy atom. The van der Waals surface area contributed by atoms with Crippen molar-refractivity contribution < 1.29 is 0 Å². The zero-order chi connectivity index (χ0) is 18.9. The Kier molecular flexibility index (Phi) is 3.91. The van der Waals surface area contributed by atoms with Crippen LogP contribution in [0.2, 0.25) is 10.0 Å². The highest BCUT2D eigenvalue weighted by Crippen LogP contribution is 2.60. The molecule has 0 N–H and O–H groups in total. The van der Waals surface area contributed by atoms with E-state index in [1.54, 1.807) is 17.4 Å². The normalized spacial score (nSPS) is 31.4. The van der Waals surface area contributed by atoms with E-state index < -0.39 is 0 Å². The maximum Gasteiger partial charge on any atom is 0.234 e. The Balaban J connectivity index is 1.35. The molecule has 28 heavy (non-hydrogen) atoms. The molecule has 1 aromatic carbocycles. The minimum absolute atomic E-state index is 0.197. The fraction of sp³-hybridized carbons (Fsp3) is 0.476. The number of halogens is 2. The van der Waals surface area contributed by atoms with Crippen molar-refractivity contribution in [3.8, 4) is 0 Å². The van der Waals surface area contributed by atoms with Gasteiger partial charge in [0.05, 0.1) is 0 Å². The predicted octanol–water partition coefficient (Wildman–Crippen LogP) is 6.13. The molecule has 2 heterocycles. The summed E-state index contributed by atoms with van der Waals surface area (Å²) in [5.41, 5.74) is 1.13. The van der Waals surface area contributed by atoms with E-state index in [2.05, 4.69) is 10.2 Å². The average molecular weight is 431 g/mol. The summed E-state index contributed by atoms with van der Waals surface area (Å²) in [6.07, 6.45) is 12.1. The van der Waals surface area contributed by atoms with Crippen LogP contribution in [0.25, 0.3) is 17.1 Å². The molecule has 0 saturated heterocycles. The van der Waals surface area contributed by atoms with E-state index in [9.17, 15) is 0 Å². The quantitative estimate of drug-likeness (QED) is 0.501. The molecule has 0 amide bonds. The standard InChI is InChI=1S/C21H20Cl2N4S/c22-16-3-1-15(17(23)8-16)2-4-18-26-27-19(24-25-20(27)28-18)21-9-12-5-13(10-21)7-14(6-12)11-21/h1-4,8,12-14H,5-7,9-11H2/b4-2+. The van der Waals surface area contributed by atoms with Gasteiger partial charge < -0.3 is 0 Å². The topological polar surface area (TPSA) is 43.1 Å². The van der Waals surface area contributed by atoms with Gasteiger partial charge in [0.2, 0.25) is 4.96 Å². The van der Waals surface area contributed by atoms with Crippen molar-refractivity contribution in [2.75, 3.05) is 0 Å². The zero-order valence-corrected chi connectivity index (χ0v) is 17.6. The van der Waals surface area contributed by atoms with E-state index in [1.165, 1.54) is 38.5 Å². The molecule has 4 nitrogen and oxygen atoms in total. The number of hydrogen-bond donors (Lipinski definition) is 0. The molecule has 3 aromatic rings. The Hall–Kier alpha value is -1.43. The molecule has 144 valence electrons. The summed E-state index contributed by atoms with van der Waals surface area (Å²) in [6.45, 7) is 0. The summed E-state index contributed by atoms with van der Waals surface area (Å²) in [4.78, 5) is 0.882. The van der Waals surface area contributed by atoms with Gasteiger partial charge in [-0.2, -0.15) is 9.61 Å². The van der Waals surface area contributed by atoms with Crippen LogP contribution in [0.5, 0.6) is 0 Å². The van der Waals surface area contributed by atoms with Gasteiger partial charge >= 0.3 is 0 Å². The van der Waals surface area contributed by atoms with Crippen LogP contribution in [0.4, 0.5) is 0 Å². The first-order valence-corrected chi connectivity index (χ1v) is 11.5. The van der Waals surface area contributed by atoms with Gasteiger partial charge in [-0.1, -0.05) is 46.7 Å². The number of rotatable bonds is 3. The maximum atomic E-state index is 6.27. The number of nitrogens with zero attached hydrogens (tertiary/aromatic N) is 4. The van der Waals surface area contributed by atoms with Crippen LogP contribution in [-0.4, -0.2) is 19.8 Å². The first-order valence-electron chi connectivity index (χ1n) is 9.94. The number of fused-ring (bicyclic) bond motifs is 1. The first kappa shape index (κ1) is 17.4. The molecule has 4 aliphatic rings. The number of benzene rings is 1. The molecule has 0 aliphatic heterocycles. The minimum Gasteiger partial charge on any atom is -0.186 e. The third kappa shape index (κ3) is 2.74. The number of aromatic nitrogens is 4. The lowest BCUT2D eigenvalue weighted by molar-refractivity contribution is -0.0103. The van der Waals surface area contributed by atoms with Gasteiger partial charge in [-0.15, -0.1) is 10.2 Å². The van der Waals surface area contributed by atoms with Gasteiger partial charge in [0.15, 0.2) is 5.82 Å². The van der Waals surface area contributed by atoms with Crippen LogP contribution >= 0.6 is 34.5 Å². The van der Waals surface area contributed by atoms with Gasteiger partial charge in [0.1, 0.15) is 5.01 Å². The van der Waals surface area contributed by atoms with E-state index in [-0.39, 0.29) is 5.41 Å². The Labute approximate surface area is 177 Å². The zero-order valence-electron chi connectivity index (χ0n) is 15.3. The first-order chi connectivity index (χ1) is 13.6. The monoisotopic (exact) mass is 430 g/mol. The van der Waals surface area contributed by atoms with Gasteiger partial charge in [0.25, 0.3) is 0 Å². The molecule has 0 radical (unpaired) electrons. The lowest BCUT2D eigenvalue weighted by Crippen LogP contribution is -2.49. The van der Waals surface area contributed by atoms with Crippen molar-refractivity contribution in [2.24, 2.45) is 17.8 Å². The lowest BCUT2D eigenvalue weighted by Gasteiger charge is -2.55. The van der Waals surface area contributed by atoms with Crippen LogP contribution in [-0.2, 0) is 5.41 Å². The summed E-state index contributed by atoms with van der Waals surface area (Å²) in [5.74, 6) is 3.73. The highest BCUT2D eigenvalue weighted by atomic mass is 35.5. The molecule has 4 aliphatic carbocycles. The minimum atomic E-state index is 0.197. The highest BCUT2D eigenvalue weighted by Gasteiger charge is 2.54. The third-order valence-electron chi connectivity index (χ3n) is 6.89. The Morgan fingerprint density at radius 2 is 1.71 bits per heavy atom. The second kappa shape index (κ2) is 6.28. The summed E-state index contributed by atoms with van der Waals surface area (Å²) in [6, 6.07) is 5.52. The van der Waals surface area contributed by atoms with Gasteiger partial charge in [-0.3, -0.25) is 0 Å². The SMILES string of the molecule is Clc1ccc(/C=C/c2nn3c(C45CC6CC(CC(C6)C4)C5)nnc3s2)c(Cl)c1. The van der Waals surface area contributed by atoms with Gasteiger partial charge in [-0.05, 0) is 80.1 Å². The van der Waals surface area contributed by atoms with Crippen LogP contribution in [0, 0.1) is 17.8 Å². The fourth-order valence-electron chi connectivity index (χ4n) is 6.21. The lowest BCUT2D eigenvalue weighted by atomic mass is 9.49.